The summed E-state index contributed by atoms with van der Waals surface area (Å²) in [4.78, 5) is 89.9. The molecule has 4 saturated carbocycles. The van der Waals surface area contributed by atoms with Crippen molar-refractivity contribution in [2.24, 2.45) is 46.3 Å². The lowest BCUT2D eigenvalue weighted by Crippen LogP contribution is -2.64. The van der Waals surface area contributed by atoms with Gasteiger partial charge in [-0.2, -0.15) is 5.10 Å². The summed E-state index contributed by atoms with van der Waals surface area (Å²) in [5.41, 5.74) is -3.59. The Labute approximate surface area is 500 Å². The summed E-state index contributed by atoms with van der Waals surface area (Å²) in [6, 6.07) is 8.07. The number of ether oxygens (including phenoxy) is 5. The number of carbonyl (C=O) groups is 7. The molecule has 9 rings (SSSR count). The summed E-state index contributed by atoms with van der Waals surface area (Å²) in [5.74, 6) is 3.25. The molecule has 0 spiro atoms. The van der Waals surface area contributed by atoms with Crippen LogP contribution in [-0.2, 0) is 57.2 Å². The number of hydrogen-bond acceptors (Lipinski definition) is 18. The van der Waals surface area contributed by atoms with Gasteiger partial charge in [-0.25, -0.2) is 15.4 Å². The molecule has 1 saturated heterocycles. The second-order valence-electron chi connectivity index (χ2n) is 26.6. The third-order valence-electron chi connectivity index (χ3n) is 19.7. The van der Waals surface area contributed by atoms with Gasteiger partial charge in [-0.05, 0) is 147 Å². The normalized spacial score (nSPS) is 34.4. The van der Waals surface area contributed by atoms with E-state index in [0.717, 1.165) is 62.6 Å². The van der Waals surface area contributed by atoms with Crippen LogP contribution in [0.25, 0.3) is 10.8 Å². The average molecular weight is 1180 g/mol. The lowest BCUT2D eigenvalue weighted by molar-refractivity contribution is -0.212. The molecule has 2 aliphatic heterocycles. The minimum atomic E-state index is -2.57. The number of nitrogens with two attached hydrogens (primary N) is 1. The van der Waals surface area contributed by atoms with Crippen LogP contribution in [0, 0.1) is 40.4 Å². The molecule has 7 N–H and O–H groups in total. The number of benzene rings is 1. The first-order chi connectivity index (χ1) is 40.0. The van der Waals surface area contributed by atoms with Crippen LogP contribution >= 0.6 is 0 Å². The van der Waals surface area contributed by atoms with E-state index in [0.29, 0.717) is 36.4 Å². The summed E-state index contributed by atoms with van der Waals surface area (Å²) in [6.45, 7) is 23.4. The van der Waals surface area contributed by atoms with Crippen LogP contribution in [-0.4, -0.2) is 115 Å². The molecule has 3 heterocycles. The topological polar surface area (TPSA) is 294 Å². The zero-order valence-electron chi connectivity index (χ0n) is 52.3. The van der Waals surface area contributed by atoms with Gasteiger partial charge in [0.05, 0.1) is 12.1 Å². The first-order valence-electron chi connectivity index (χ1n) is 30.7. The van der Waals surface area contributed by atoms with Gasteiger partial charge < -0.3 is 50.0 Å². The van der Waals surface area contributed by atoms with Gasteiger partial charge in [0, 0.05) is 65.4 Å². The van der Waals surface area contributed by atoms with E-state index in [1.807, 2.05) is 24.3 Å². The highest BCUT2D eigenvalue weighted by Crippen LogP contribution is 2.65. The van der Waals surface area contributed by atoms with Crippen molar-refractivity contribution in [1.29, 1.82) is 0 Å². The molecule has 0 bridgehead atoms. The van der Waals surface area contributed by atoms with E-state index in [4.69, 9.17) is 29.5 Å². The summed E-state index contributed by atoms with van der Waals surface area (Å²) in [5, 5.41) is 40.0. The minimum Gasteiger partial charge on any atom is -0.459 e. The maximum atomic E-state index is 13.3. The fourth-order valence-electron chi connectivity index (χ4n) is 15.3. The summed E-state index contributed by atoms with van der Waals surface area (Å²) < 4.78 is 29.3. The fourth-order valence-corrected chi connectivity index (χ4v) is 15.3. The summed E-state index contributed by atoms with van der Waals surface area (Å²) in [6.07, 6.45) is 12.7. The number of anilines is 1. The Morgan fingerprint density at radius 2 is 1.58 bits per heavy atom. The highest BCUT2D eigenvalue weighted by atomic mass is 16.6. The number of allylic oxidation sites excluding steroid dienone is 1. The molecule has 2 amide bonds. The third kappa shape index (κ3) is 13.4. The predicted molar refractivity (Wildman–Crippen MR) is 318 cm³/mol. The van der Waals surface area contributed by atoms with Gasteiger partial charge in [-0.15, -0.1) is 5.10 Å². The standard InChI is InChI=1S/C34H50O12.C23H36N2O2.C8H8N4/c1-9-12-13-14-15-17-24(37)43-28-26-25(20(5)27(28)44-30(38)19(4)11-3)29-34(41,33(8,40)31(39)45-29)22(42-23(36)16-10-2)18-32(26,7)46-21(6)35;1-21(2,3)25-20(27)17-8-7-15-14-6-9-18-23(5,13-11-19(26)24-18)16(14)10-12-22(15,17)4;9-11-8-7-4-2-1-3-6(7)5-10-12-8/h11,22,26-29,40-41H,9-10,12-18H2,1-8H3;11,13-18H,6-10,12H2,1-5H3,(H,24,26)(H,25,27);1-5H,9H2,(H,11,12)/b19-11-;;/t22-,26+,27-,28-,29-,32-,33+,34+;14-,15-,16-,17+,18+,22-,23+;/m00./s1. The molecule has 2 aromatic rings. The second-order valence-corrected chi connectivity index (χ2v) is 26.6. The van der Waals surface area contributed by atoms with E-state index in [2.05, 4.69) is 73.9 Å². The zero-order chi connectivity index (χ0) is 62.6. The Balaban J connectivity index is 0.000000219. The van der Waals surface area contributed by atoms with Gasteiger partial charge in [0.1, 0.15) is 11.7 Å². The van der Waals surface area contributed by atoms with Gasteiger partial charge in [-0.3, -0.25) is 24.0 Å². The maximum absolute atomic E-state index is 13.3. The number of carbonyl (C=O) groups excluding carboxylic acids is 7. The molecular formula is C65H94N6O14. The largest absolute Gasteiger partial charge is 0.459 e. The summed E-state index contributed by atoms with van der Waals surface area (Å²) >= 11 is 0. The van der Waals surface area contributed by atoms with Crippen molar-refractivity contribution in [2.75, 3.05) is 5.43 Å². The van der Waals surface area contributed by atoms with Gasteiger partial charge in [-0.1, -0.05) is 89.8 Å². The van der Waals surface area contributed by atoms with Crippen LogP contribution in [0.3, 0.4) is 0 Å². The number of nitrogens with zero attached hydrogens (tertiary/aromatic N) is 2. The Morgan fingerprint density at radius 3 is 2.24 bits per heavy atom. The van der Waals surface area contributed by atoms with Crippen molar-refractivity contribution in [2.45, 2.75) is 239 Å². The van der Waals surface area contributed by atoms with Gasteiger partial charge >= 0.3 is 29.8 Å². The van der Waals surface area contributed by atoms with Crippen molar-refractivity contribution in [3.63, 3.8) is 0 Å². The minimum absolute atomic E-state index is 0.0234. The molecule has 15 atom stereocenters. The van der Waals surface area contributed by atoms with Crippen molar-refractivity contribution in [1.82, 2.24) is 20.8 Å². The van der Waals surface area contributed by atoms with E-state index in [1.165, 1.54) is 33.1 Å². The first kappa shape index (κ1) is 66.3. The van der Waals surface area contributed by atoms with E-state index < -0.39 is 83.4 Å². The first-order valence-corrected chi connectivity index (χ1v) is 30.7. The third-order valence-corrected chi connectivity index (χ3v) is 19.7. The van der Waals surface area contributed by atoms with Gasteiger partial charge in [0.25, 0.3) is 0 Å². The lowest BCUT2D eigenvalue weighted by atomic mass is 9.48. The van der Waals surface area contributed by atoms with Crippen molar-refractivity contribution >= 4 is 58.3 Å². The van der Waals surface area contributed by atoms with Gasteiger partial charge in [0.15, 0.2) is 35.3 Å². The second kappa shape index (κ2) is 26.4. The van der Waals surface area contributed by atoms with Crippen LogP contribution in [0.4, 0.5) is 5.82 Å². The number of nitrogens with one attached hydrogen (secondary N) is 3. The Morgan fingerprint density at radius 1 is 0.882 bits per heavy atom. The van der Waals surface area contributed by atoms with Crippen molar-refractivity contribution in [3.05, 3.63) is 65.4 Å². The van der Waals surface area contributed by atoms with E-state index in [-0.39, 0.29) is 69.7 Å². The lowest BCUT2D eigenvalue weighted by Gasteiger charge is -2.58. The molecule has 5 aliphatic carbocycles. The maximum Gasteiger partial charge on any atom is 0.341 e. The highest BCUT2D eigenvalue weighted by molar-refractivity contribution is 5.91. The molecular weight excluding hydrogens is 1090 g/mol. The Hall–Kier alpha value is -6.25. The van der Waals surface area contributed by atoms with Crippen LogP contribution in [0.5, 0.6) is 0 Å². The van der Waals surface area contributed by atoms with Crippen LogP contribution in [0.15, 0.2) is 65.4 Å². The smallest absolute Gasteiger partial charge is 0.341 e. The van der Waals surface area contributed by atoms with Gasteiger partial charge in [0.2, 0.25) is 11.8 Å². The van der Waals surface area contributed by atoms with Crippen molar-refractivity contribution < 1.29 is 67.5 Å². The molecule has 1 aromatic heterocycles. The highest BCUT2D eigenvalue weighted by Gasteiger charge is 2.76. The van der Waals surface area contributed by atoms with Crippen LogP contribution < -0.4 is 21.9 Å². The quantitative estimate of drug-likeness (QED) is 0.0185. The number of aliphatic hydroxyl groups is 2. The Kier molecular flexibility index (Phi) is 20.6. The number of unbranched alkanes of at least 4 members (excludes halogenated alkanes) is 4. The number of hydrogen-bond donors (Lipinski definition) is 6. The SMILES string of the molecule is C/C=C(/C)C(=O)O[C@H]1C(C)=C2[C@H]([C@@H]1OC(=O)CCCCCCC)[C@@](C)(OC(C)=O)C[C@H](OC(=O)CCC)[C@@]1(O)[C@H]2OC(=O)[C@@]1(C)O.CC(C)(C)NC(=O)[C@H]1CC[C@H]2[C@@H]3CC[C@H]4NC(=O)C=C[C@]4(C)[C@H]3CC[C@]12C.NNc1nncc2ccccc12. The molecule has 20 nitrogen and oxygen atoms in total. The number of hydrazine groups is 1. The van der Waals surface area contributed by atoms with Crippen LogP contribution in [0.1, 0.15) is 186 Å². The van der Waals surface area contributed by atoms with E-state index >= 15 is 0 Å². The monoisotopic (exact) mass is 1180 g/mol. The van der Waals surface area contributed by atoms with Crippen molar-refractivity contribution in [3.8, 4) is 0 Å². The molecule has 20 heteroatoms. The number of esters is 5. The number of aromatic nitrogens is 2. The molecule has 1 aromatic carbocycles. The summed E-state index contributed by atoms with van der Waals surface area (Å²) in [7, 11) is 0. The molecule has 0 unspecified atom stereocenters. The number of fused-ring (bicyclic) bond motifs is 9. The number of amides is 2. The molecule has 5 fully saturated rings. The predicted octanol–water partition coefficient (Wildman–Crippen LogP) is 8.66. The Bertz CT molecular complexity index is 2930. The average Bonchev–Trinajstić information content (AvgIpc) is 1.58. The molecule has 85 heavy (non-hydrogen) atoms. The van der Waals surface area contributed by atoms with E-state index in [1.54, 1.807) is 46.0 Å². The zero-order valence-corrected chi connectivity index (χ0v) is 52.3. The number of nitrogen functional groups attached to an aromatic ring is 1. The molecule has 468 valence electrons. The fraction of sp³-hybridized carbons (Fsp3) is 0.677. The molecule has 7 aliphatic rings. The van der Waals surface area contributed by atoms with Crippen LogP contribution in [0.2, 0.25) is 0 Å². The van der Waals surface area contributed by atoms with E-state index in [9.17, 15) is 43.8 Å². The number of rotatable bonds is 15. The molecule has 0 radical (unpaired) electrons.